The molecule has 3 rings (SSSR count). The van der Waals surface area contributed by atoms with Crippen LogP contribution in [0.3, 0.4) is 0 Å². The quantitative estimate of drug-likeness (QED) is 0.731. The van der Waals surface area contributed by atoms with E-state index in [1.807, 2.05) is 34.9 Å². The minimum Gasteiger partial charge on any atom is -0.467 e. The number of hydrogen-bond donors (Lipinski definition) is 0. The van der Waals surface area contributed by atoms with Gasteiger partial charge in [-0.3, -0.25) is 4.79 Å². The molecular weight excluding hydrogens is 334 g/mol. The highest BCUT2D eigenvalue weighted by atomic mass is 16.5. The lowest BCUT2D eigenvalue weighted by Gasteiger charge is -2.34. The van der Waals surface area contributed by atoms with Crippen LogP contribution in [-0.2, 0) is 38.6 Å². The Morgan fingerprint density at radius 1 is 1.23 bits per heavy atom. The normalized spacial score (nSPS) is 16.2. The molecule has 138 valence electrons. The van der Waals surface area contributed by atoms with Crippen LogP contribution >= 0.6 is 0 Å². The van der Waals surface area contributed by atoms with Gasteiger partial charge in [-0.2, -0.15) is 0 Å². The zero-order valence-corrected chi connectivity index (χ0v) is 15.1. The first-order chi connectivity index (χ1) is 12.6. The fourth-order valence-corrected chi connectivity index (χ4v) is 3.22. The van der Waals surface area contributed by atoms with Gasteiger partial charge in [0.2, 0.25) is 5.91 Å². The predicted molar refractivity (Wildman–Crippen MR) is 94.3 cm³/mol. The van der Waals surface area contributed by atoms with Crippen LogP contribution in [0.15, 0.2) is 36.7 Å². The molecule has 1 aliphatic rings. The van der Waals surface area contributed by atoms with E-state index in [4.69, 9.17) is 9.47 Å². The monoisotopic (exact) mass is 357 g/mol. The number of imidazole rings is 1. The number of rotatable bonds is 6. The van der Waals surface area contributed by atoms with Crippen molar-refractivity contribution in [2.45, 2.75) is 32.0 Å². The van der Waals surface area contributed by atoms with Gasteiger partial charge < -0.3 is 18.9 Å². The summed E-state index contributed by atoms with van der Waals surface area (Å²) >= 11 is 0. The summed E-state index contributed by atoms with van der Waals surface area (Å²) in [6.07, 6.45) is 2.36. The zero-order chi connectivity index (χ0) is 18.5. The van der Waals surface area contributed by atoms with Crippen LogP contribution in [0, 0.1) is 0 Å². The van der Waals surface area contributed by atoms with Crippen molar-refractivity contribution in [2.24, 2.45) is 0 Å². The highest BCUT2D eigenvalue weighted by molar-refractivity contribution is 5.85. The van der Waals surface area contributed by atoms with Crippen LogP contribution < -0.4 is 0 Å². The van der Waals surface area contributed by atoms with E-state index in [0.29, 0.717) is 26.1 Å². The lowest BCUT2D eigenvalue weighted by atomic mass is 10.0. The molecule has 0 N–H and O–H groups in total. The molecule has 1 unspecified atom stereocenters. The van der Waals surface area contributed by atoms with Crippen molar-refractivity contribution in [2.75, 3.05) is 20.8 Å². The van der Waals surface area contributed by atoms with Gasteiger partial charge in [0.15, 0.2) is 0 Å². The second kappa shape index (κ2) is 8.14. The zero-order valence-electron chi connectivity index (χ0n) is 15.1. The summed E-state index contributed by atoms with van der Waals surface area (Å²) < 4.78 is 11.9. The maximum atomic E-state index is 12.6. The molecule has 0 aliphatic carbocycles. The van der Waals surface area contributed by atoms with Crippen LogP contribution in [0.5, 0.6) is 0 Å². The van der Waals surface area contributed by atoms with Gasteiger partial charge in [0.05, 0.1) is 44.4 Å². The van der Waals surface area contributed by atoms with Gasteiger partial charge in [-0.15, -0.1) is 0 Å². The predicted octanol–water partition coefficient (Wildman–Crippen LogP) is 1.39. The average Bonchev–Trinajstić information content (AvgIpc) is 3.07. The van der Waals surface area contributed by atoms with E-state index in [0.717, 1.165) is 17.0 Å². The summed E-state index contributed by atoms with van der Waals surface area (Å²) in [6.45, 7) is 1.33. The third kappa shape index (κ3) is 3.77. The Hall–Kier alpha value is -2.67. The topological polar surface area (TPSA) is 73.7 Å². The van der Waals surface area contributed by atoms with Gasteiger partial charge in [-0.25, -0.2) is 9.78 Å². The van der Waals surface area contributed by atoms with Crippen molar-refractivity contribution < 1.29 is 19.1 Å². The van der Waals surface area contributed by atoms with E-state index in [-0.39, 0.29) is 12.3 Å². The minimum atomic E-state index is -0.642. The number of ether oxygens (including phenoxy) is 2. The number of carbonyl (C=O) groups excluding carboxylic acids is 2. The highest BCUT2D eigenvalue weighted by Crippen LogP contribution is 2.25. The van der Waals surface area contributed by atoms with Crippen molar-refractivity contribution in [3.05, 3.63) is 53.6 Å². The molecule has 0 saturated carbocycles. The Kier molecular flexibility index (Phi) is 5.68. The first kappa shape index (κ1) is 18.1. The lowest BCUT2D eigenvalue weighted by Crippen LogP contribution is -2.49. The van der Waals surface area contributed by atoms with Crippen molar-refractivity contribution in [1.29, 1.82) is 0 Å². The standard InChI is InChI=1S/C19H23N3O4/c1-25-9-8-18(23)22-12-17-15(10-16(22)19(24)26-2)20-13-21(17)11-14-6-4-3-5-7-14/h3-7,13,16H,8-12H2,1-2H3. The fraction of sp³-hybridized carbons (Fsp3) is 0.421. The van der Waals surface area contributed by atoms with Gasteiger partial charge in [0.1, 0.15) is 6.04 Å². The Bertz CT molecular complexity index is 772. The third-order valence-corrected chi connectivity index (χ3v) is 4.63. The number of hydrogen-bond acceptors (Lipinski definition) is 5. The smallest absolute Gasteiger partial charge is 0.329 e. The molecule has 0 spiro atoms. The number of nitrogens with zero attached hydrogens (tertiary/aromatic N) is 3. The molecule has 0 saturated heterocycles. The molecule has 0 radical (unpaired) electrons. The van der Waals surface area contributed by atoms with Gasteiger partial charge in [0, 0.05) is 20.1 Å². The van der Waals surface area contributed by atoms with Crippen molar-refractivity contribution in [3.8, 4) is 0 Å². The van der Waals surface area contributed by atoms with E-state index >= 15 is 0 Å². The van der Waals surface area contributed by atoms with Crippen molar-refractivity contribution in [1.82, 2.24) is 14.5 Å². The van der Waals surface area contributed by atoms with Crippen LogP contribution in [0.25, 0.3) is 0 Å². The molecule has 7 heteroatoms. The molecule has 1 aliphatic heterocycles. The molecule has 0 bridgehead atoms. The molecule has 1 aromatic heterocycles. The number of aromatic nitrogens is 2. The Morgan fingerprint density at radius 3 is 2.69 bits per heavy atom. The Labute approximate surface area is 152 Å². The number of esters is 1. The number of methoxy groups -OCH3 is 2. The van der Waals surface area contributed by atoms with E-state index in [2.05, 4.69) is 4.98 Å². The third-order valence-electron chi connectivity index (χ3n) is 4.63. The summed E-state index contributed by atoms with van der Waals surface area (Å²) in [5, 5.41) is 0. The maximum Gasteiger partial charge on any atom is 0.329 e. The molecule has 7 nitrogen and oxygen atoms in total. The number of amides is 1. The van der Waals surface area contributed by atoms with E-state index in [9.17, 15) is 9.59 Å². The fourth-order valence-electron chi connectivity index (χ4n) is 3.22. The van der Waals surface area contributed by atoms with Crippen molar-refractivity contribution >= 4 is 11.9 Å². The van der Waals surface area contributed by atoms with Gasteiger partial charge in [-0.05, 0) is 5.56 Å². The summed E-state index contributed by atoms with van der Waals surface area (Å²) in [6, 6.07) is 9.42. The molecule has 2 aromatic rings. The molecule has 1 aromatic carbocycles. The minimum absolute atomic E-state index is 0.125. The van der Waals surface area contributed by atoms with E-state index in [1.165, 1.54) is 7.11 Å². The molecule has 1 amide bonds. The highest BCUT2D eigenvalue weighted by Gasteiger charge is 2.37. The SMILES string of the molecule is COCCC(=O)N1Cc2c(ncn2Cc2ccccc2)CC1C(=O)OC. The van der Waals surface area contributed by atoms with Gasteiger partial charge in [0.25, 0.3) is 0 Å². The summed E-state index contributed by atoms with van der Waals surface area (Å²) in [4.78, 5) is 30.8. The number of benzene rings is 1. The maximum absolute atomic E-state index is 12.6. The molecule has 26 heavy (non-hydrogen) atoms. The van der Waals surface area contributed by atoms with Crippen LogP contribution in [0.4, 0.5) is 0 Å². The average molecular weight is 357 g/mol. The molecule has 0 fully saturated rings. The van der Waals surface area contributed by atoms with E-state index in [1.54, 1.807) is 18.3 Å². The summed E-state index contributed by atoms with van der Waals surface area (Å²) in [5.41, 5.74) is 2.95. The number of fused-ring (bicyclic) bond motifs is 1. The second-order valence-electron chi connectivity index (χ2n) is 6.26. The van der Waals surface area contributed by atoms with Crippen LogP contribution in [0.2, 0.25) is 0 Å². The number of carbonyl (C=O) groups is 2. The first-order valence-electron chi connectivity index (χ1n) is 8.57. The Morgan fingerprint density at radius 2 is 2.00 bits per heavy atom. The lowest BCUT2D eigenvalue weighted by molar-refractivity contribution is -0.154. The second-order valence-corrected chi connectivity index (χ2v) is 6.26. The van der Waals surface area contributed by atoms with Gasteiger partial charge in [-0.1, -0.05) is 30.3 Å². The van der Waals surface area contributed by atoms with Crippen molar-refractivity contribution in [3.63, 3.8) is 0 Å². The van der Waals surface area contributed by atoms with Gasteiger partial charge >= 0.3 is 5.97 Å². The molecule has 1 atom stereocenters. The van der Waals surface area contributed by atoms with Crippen LogP contribution in [-0.4, -0.2) is 53.2 Å². The Balaban J connectivity index is 1.86. The largest absolute Gasteiger partial charge is 0.467 e. The first-order valence-corrected chi connectivity index (χ1v) is 8.57. The molecule has 2 heterocycles. The summed E-state index contributed by atoms with van der Waals surface area (Å²) in [7, 11) is 2.89. The summed E-state index contributed by atoms with van der Waals surface area (Å²) in [5.74, 6) is -0.542. The van der Waals surface area contributed by atoms with E-state index < -0.39 is 12.0 Å². The van der Waals surface area contributed by atoms with Crippen LogP contribution in [0.1, 0.15) is 23.4 Å². The molecular formula is C19H23N3O4.